The first-order valence-corrected chi connectivity index (χ1v) is 7.10. The van der Waals surface area contributed by atoms with Gasteiger partial charge in [0.2, 0.25) is 0 Å². The SMILES string of the molecule is CN(CCS)c1ccc(/N=N/c2n(C)cc[n+]2C)cc1. The highest BCUT2D eigenvalue weighted by atomic mass is 32.1. The molecule has 106 valence electrons. The Bertz CT molecular complexity index is 569. The Morgan fingerprint density at radius 3 is 2.50 bits per heavy atom. The van der Waals surface area contributed by atoms with Crippen LogP contribution in [0.1, 0.15) is 0 Å². The van der Waals surface area contributed by atoms with Gasteiger partial charge in [-0.2, -0.15) is 12.6 Å². The molecule has 0 saturated heterocycles. The molecule has 5 nitrogen and oxygen atoms in total. The monoisotopic (exact) mass is 290 g/mol. The van der Waals surface area contributed by atoms with Crippen LogP contribution in [0, 0.1) is 0 Å². The van der Waals surface area contributed by atoms with E-state index in [2.05, 4.69) is 34.8 Å². The first-order valence-electron chi connectivity index (χ1n) is 6.46. The maximum absolute atomic E-state index is 4.27. The Hall–Kier alpha value is -1.82. The molecule has 1 heterocycles. The highest BCUT2D eigenvalue weighted by Gasteiger charge is 2.10. The number of hydrogen-bond donors (Lipinski definition) is 1. The zero-order valence-corrected chi connectivity index (χ0v) is 13.0. The van der Waals surface area contributed by atoms with Crippen LogP contribution < -0.4 is 9.47 Å². The van der Waals surface area contributed by atoms with E-state index < -0.39 is 0 Å². The van der Waals surface area contributed by atoms with E-state index in [-0.39, 0.29) is 0 Å². The number of aromatic nitrogens is 2. The van der Waals surface area contributed by atoms with Gasteiger partial charge in [0, 0.05) is 30.1 Å². The minimum atomic E-state index is 0.807. The molecule has 0 atom stereocenters. The van der Waals surface area contributed by atoms with Gasteiger partial charge in [-0.25, -0.2) is 9.13 Å². The molecule has 6 heteroatoms. The van der Waals surface area contributed by atoms with Gasteiger partial charge in [-0.15, -0.1) is 0 Å². The topological polar surface area (TPSA) is 36.8 Å². The number of azo groups is 1. The summed E-state index contributed by atoms with van der Waals surface area (Å²) in [7, 11) is 5.95. The summed E-state index contributed by atoms with van der Waals surface area (Å²) in [6.45, 7) is 0.920. The molecule has 20 heavy (non-hydrogen) atoms. The summed E-state index contributed by atoms with van der Waals surface area (Å²) >= 11 is 4.24. The summed E-state index contributed by atoms with van der Waals surface area (Å²) in [6.07, 6.45) is 3.90. The van der Waals surface area contributed by atoms with Crippen molar-refractivity contribution in [1.82, 2.24) is 4.57 Å². The average Bonchev–Trinajstić information content (AvgIpc) is 2.77. The quantitative estimate of drug-likeness (QED) is 0.513. The first kappa shape index (κ1) is 14.6. The van der Waals surface area contributed by atoms with Gasteiger partial charge < -0.3 is 4.90 Å². The molecule has 0 fully saturated rings. The van der Waals surface area contributed by atoms with Crippen molar-refractivity contribution in [1.29, 1.82) is 0 Å². The molecule has 0 unspecified atom stereocenters. The van der Waals surface area contributed by atoms with Gasteiger partial charge in [0.25, 0.3) is 0 Å². The van der Waals surface area contributed by atoms with Crippen LogP contribution in [0.25, 0.3) is 0 Å². The summed E-state index contributed by atoms with van der Waals surface area (Å²) in [6, 6.07) is 8.03. The van der Waals surface area contributed by atoms with Crippen molar-refractivity contribution in [2.24, 2.45) is 24.3 Å². The first-order chi connectivity index (χ1) is 9.61. The van der Waals surface area contributed by atoms with Crippen LogP contribution in [0.5, 0.6) is 0 Å². The summed E-state index contributed by atoms with van der Waals surface area (Å²) in [5.41, 5.74) is 2.00. The molecule has 0 saturated carbocycles. The molecule has 2 aromatic rings. The molecule has 1 aromatic carbocycles. The van der Waals surface area contributed by atoms with Gasteiger partial charge >= 0.3 is 5.95 Å². The van der Waals surface area contributed by atoms with Crippen LogP contribution in [0.2, 0.25) is 0 Å². The summed E-state index contributed by atoms with van der Waals surface area (Å²) in [5, 5.41) is 8.54. The second kappa shape index (κ2) is 6.56. The Morgan fingerprint density at radius 2 is 1.95 bits per heavy atom. The Balaban J connectivity index is 2.11. The number of aryl methyl sites for hydroxylation is 2. The number of anilines is 1. The Morgan fingerprint density at radius 1 is 1.25 bits per heavy atom. The van der Waals surface area contributed by atoms with Crippen molar-refractivity contribution in [3.63, 3.8) is 0 Å². The molecule has 0 aliphatic heterocycles. The average molecular weight is 290 g/mol. The molecule has 0 amide bonds. The molecule has 0 N–H and O–H groups in total. The molecule has 0 aliphatic rings. The largest absolute Gasteiger partial charge is 0.421 e. The van der Waals surface area contributed by atoms with E-state index in [4.69, 9.17) is 0 Å². The maximum atomic E-state index is 4.27. The lowest BCUT2D eigenvalue weighted by atomic mass is 10.2. The Labute approximate surface area is 125 Å². The van der Waals surface area contributed by atoms with E-state index in [0.717, 1.165) is 29.6 Å². The van der Waals surface area contributed by atoms with Crippen LogP contribution in [0.4, 0.5) is 17.3 Å². The third-order valence-electron chi connectivity index (χ3n) is 3.13. The zero-order chi connectivity index (χ0) is 14.5. The van der Waals surface area contributed by atoms with Gasteiger partial charge in [0.05, 0.1) is 26.5 Å². The zero-order valence-electron chi connectivity index (χ0n) is 12.1. The fourth-order valence-electron chi connectivity index (χ4n) is 1.88. The van der Waals surface area contributed by atoms with Crippen LogP contribution >= 0.6 is 12.6 Å². The van der Waals surface area contributed by atoms with Gasteiger partial charge in [-0.3, -0.25) is 0 Å². The smallest absolute Gasteiger partial charge is 0.374 e. The van der Waals surface area contributed by atoms with E-state index in [0.29, 0.717) is 0 Å². The molecule has 2 rings (SSSR count). The lowest BCUT2D eigenvalue weighted by Crippen LogP contribution is -2.25. The lowest BCUT2D eigenvalue weighted by Gasteiger charge is -2.17. The van der Waals surface area contributed by atoms with Gasteiger partial charge in [-0.05, 0) is 24.3 Å². The standard InChI is InChI=1S/C14H19N5S/c1-17(10-11-20)13-6-4-12(5-7-13)15-16-14-18(2)8-9-19(14)3/h4-9H,10-11H2,1-3H3/p+1. The minimum Gasteiger partial charge on any atom is -0.374 e. The number of rotatable bonds is 5. The van der Waals surface area contributed by atoms with Crippen molar-refractivity contribution in [2.45, 2.75) is 0 Å². The predicted octanol–water partition coefficient (Wildman–Crippen LogP) is 2.63. The van der Waals surface area contributed by atoms with E-state index in [1.807, 2.05) is 59.9 Å². The van der Waals surface area contributed by atoms with Gasteiger partial charge in [0.15, 0.2) is 0 Å². The number of benzene rings is 1. The molecule has 0 radical (unpaired) electrons. The summed E-state index contributed by atoms with van der Waals surface area (Å²) in [5.74, 6) is 1.64. The van der Waals surface area contributed by atoms with E-state index >= 15 is 0 Å². The molecule has 0 bridgehead atoms. The van der Waals surface area contributed by atoms with Crippen molar-refractivity contribution in [3.8, 4) is 0 Å². The molecule has 0 aliphatic carbocycles. The summed E-state index contributed by atoms with van der Waals surface area (Å²) < 4.78 is 3.86. The van der Waals surface area contributed by atoms with Crippen molar-refractivity contribution >= 4 is 30.0 Å². The maximum Gasteiger partial charge on any atom is 0.421 e. The number of hydrogen-bond acceptors (Lipinski definition) is 4. The highest BCUT2D eigenvalue weighted by molar-refractivity contribution is 7.80. The summed E-state index contributed by atoms with van der Waals surface area (Å²) in [4.78, 5) is 2.16. The molecular weight excluding hydrogens is 270 g/mol. The van der Waals surface area contributed by atoms with Gasteiger partial charge in [0.1, 0.15) is 5.69 Å². The second-order valence-electron chi connectivity index (χ2n) is 4.68. The van der Waals surface area contributed by atoms with E-state index in [9.17, 15) is 0 Å². The van der Waals surface area contributed by atoms with Crippen molar-refractivity contribution in [3.05, 3.63) is 36.7 Å². The van der Waals surface area contributed by atoms with Crippen LogP contribution in [0.3, 0.4) is 0 Å². The van der Waals surface area contributed by atoms with Crippen LogP contribution in [-0.2, 0) is 14.1 Å². The fourth-order valence-corrected chi connectivity index (χ4v) is 2.18. The molecular formula is C14H20N5S+. The minimum absolute atomic E-state index is 0.807. The second-order valence-corrected chi connectivity index (χ2v) is 5.13. The van der Waals surface area contributed by atoms with E-state index in [1.165, 1.54) is 0 Å². The fraction of sp³-hybridized carbons (Fsp3) is 0.357. The van der Waals surface area contributed by atoms with Crippen LogP contribution in [-0.4, -0.2) is 23.9 Å². The Kier molecular flexibility index (Phi) is 4.79. The normalized spacial score (nSPS) is 11.2. The van der Waals surface area contributed by atoms with Crippen molar-refractivity contribution in [2.75, 3.05) is 24.2 Å². The lowest BCUT2D eigenvalue weighted by molar-refractivity contribution is -0.657. The number of nitrogens with zero attached hydrogens (tertiary/aromatic N) is 5. The molecule has 1 aromatic heterocycles. The molecule has 0 spiro atoms. The van der Waals surface area contributed by atoms with Crippen molar-refractivity contribution < 1.29 is 4.57 Å². The van der Waals surface area contributed by atoms with E-state index in [1.54, 1.807) is 0 Å². The number of imidazole rings is 1. The highest BCUT2D eigenvalue weighted by Crippen LogP contribution is 2.20. The predicted molar refractivity (Wildman–Crippen MR) is 84.3 cm³/mol. The number of thiol groups is 1. The third-order valence-corrected chi connectivity index (χ3v) is 3.33. The van der Waals surface area contributed by atoms with Crippen LogP contribution in [0.15, 0.2) is 46.9 Å². The third kappa shape index (κ3) is 3.39. The van der Waals surface area contributed by atoms with Gasteiger partial charge in [-0.1, -0.05) is 5.11 Å².